The number of benzene rings is 1. The average Bonchev–Trinajstić information content (AvgIpc) is 3.40. The van der Waals surface area contributed by atoms with Crippen molar-refractivity contribution >= 4 is 58.8 Å². The van der Waals surface area contributed by atoms with Gasteiger partial charge in [-0.25, -0.2) is 0 Å². The van der Waals surface area contributed by atoms with Gasteiger partial charge in [0.15, 0.2) is 11.6 Å². The highest BCUT2D eigenvalue weighted by atomic mass is 16.5. The van der Waals surface area contributed by atoms with Crippen LogP contribution in [-0.4, -0.2) is 203 Å². The van der Waals surface area contributed by atoms with E-state index in [-0.39, 0.29) is 44.1 Å². The van der Waals surface area contributed by atoms with Crippen molar-refractivity contribution in [1.29, 1.82) is 0 Å². The molecule has 0 unspecified atom stereocenters. The fourth-order valence-corrected chi connectivity index (χ4v) is 10.4. The molecule has 2 fully saturated rings. The summed E-state index contributed by atoms with van der Waals surface area (Å²) < 4.78 is 6.16. The molecule has 0 bridgehead atoms. The maximum Gasteiger partial charge on any atom is 0.248 e. The Hall–Kier alpha value is -5.76. The predicted octanol–water partition coefficient (Wildman–Crippen LogP) is 3.89. The van der Waals surface area contributed by atoms with Gasteiger partial charge in [-0.05, 0) is 90.0 Å². The lowest BCUT2D eigenvalue weighted by Crippen LogP contribution is -2.61. The fraction of sp³-hybridized carbons (Fsp3) is 0.729. The summed E-state index contributed by atoms with van der Waals surface area (Å²) >= 11 is 0. The number of hydrogen-bond donors (Lipinski definition) is 3. The van der Waals surface area contributed by atoms with E-state index in [2.05, 4.69) is 10.6 Å². The third-order valence-corrected chi connectivity index (χ3v) is 15.3. The molecule has 10 atom stereocenters. The first kappa shape index (κ1) is 67.5. The van der Waals surface area contributed by atoms with Crippen molar-refractivity contribution in [2.75, 3.05) is 61.5 Å². The standard InChI is InChI=1S/C59H96N8O12/c1-17-38(6)52-48(70)31-42(56(76)67-26-22-19-23-27-67)33-49(71)60-39(7)54(74)65(15)46(30-41-24-20-18-21-25-41)57(77)64(14)45(29-37(4)5)53(73)61-51(40(8)68)58(78)62(12)34-50(72)63(13)44(28-36(2)3)47(69)32-43(55(75)66(52)16)35-79-59(9,10)11/h18,20-21,24-25,36-40,42-46,51-52,68H,17,19,22-23,26-35H2,1-16H3,(H,60,71)(H,61,73)/t38-,39+,40+,42-,43-,44-,45-,46-,51-,52-/m0/s1. The molecule has 1 aromatic carbocycles. The molecule has 20 nitrogen and oxygen atoms in total. The van der Waals surface area contributed by atoms with E-state index in [1.807, 2.05) is 41.5 Å². The van der Waals surface area contributed by atoms with Gasteiger partial charge in [-0.3, -0.25) is 47.9 Å². The van der Waals surface area contributed by atoms with E-state index in [1.165, 1.54) is 68.7 Å². The van der Waals surface area contributed by atoms with E-state index in [9.17, 15) is 53.1 Å². The van der Waals surface area contributed by atoms with Crippen LogP contribution in [-0.2, 0) is 59.1 Å². The molecule has 3 N–H and O–H groups in total. The number of hydrogen-bond acceptors (Lipinski definition) is 12. The number of likely N-dealkylation sites (tertiary alicyclic amines) is 1. The lowest BCUT2D eigenvalue weighted by atomic mass is 9.86. The molecule has 2 heterocycles. The van der Waals surface area contributed by atoms with Crippen LogP contribution in [0.3, 0.4) is 0 Å². The lowest BCUT2D eigenvalue weighted by molar-refractivity contribution is -0.151. The fourth-order valence-electron chi connectivity index (χ4n) is 10.4. The topological polar surface area (TPSA) is 244 Å². The van der Waals surface area contributed by atoms with E-state index in [0.717, 1.165) is 24.2 Å². The smallest absolute Gasteiger partial charge is 0.248 e. The molecule has 2 aliphatic rings. The van der Waals surface area contributed by atoms with Crippen molar-refractivity contribution in [3.8, 4) is 0 Å². The van der Waals surface area contributed by atoms with Crippen molar-refractivity contribution in [2.24, 2.45) is 29.6 Å². The first-order valence-electron chi connectivity index (χ1n) is 28.4. The van der Waals surface area contributed by atoms with Gasteiger partial charge in [-0.2, -0.15) is 0 Å². The molecule has 20 heteroatoms. The number of ether oxygens (including phenoxy) is 1. The number of piperidine rings is 1. The van der Waals surface area contributed by atoms with Gasteiger partial charge < -0.3 is 49.9 Å². The number of rotatable bonds is 12. The number of likely N-dealkylation sites (N-methyl/N-ethyl adjacent to an activating group) is 5. The summed E-state index contributed by atoms with van der Waals surface area (Å²) in [6, 6.07) is 1.47. The van der Waals surface area contributed by atoms with Crippen LogP contribution in [0.4, 0.5) is 0 Å². The van der Waals surface area contributed by atoms with Gasteiger partial charge in [0, 0.05) is 74.0 Å². The average molecular weight is 1110 g/mol. The minimum absolute atomic E-state index is 0.00178. The molecular formula is C59H96N8O12. The van der Waals surface area contributed by atoms with Gasteiger partial charge in [0.1, 0.15) is 24.2 Å². The normalized spacial score (nSPS) is 26.3. The molecule has 444 valence electrons. The summed E-state index contributed by atoms with van der Waals surface area (Å²) in [5.74, 6) is -9.20. The van der Waals surface area contributed by atoms with Crippen molar-refractivity contribution in [3.05, 3.63) is 35.9 Å². The highest BCUT2D eigenvalue weighted by Gasteiger charge is 2.43. The van der Waals surface area contributed by atoms with Gasteiger partial charge in [0.2, 0.25) is 47.3 Å². The molecule has 0 aromatic heterocycles. The number of amides is 8. The van der Waals surface area contributed by atoms with Gasteiger partial charge in [-0.15, -0.1) is 0 Å². The number of carbonyl (C=O) groups excluding carboxylic acids is 10. The van der Waals surface area contributed by atoms with E-state index in [4.69, 9.17) is 4.74 Å². The summed E-state index contributed by atoms with van der Waals surface area (Å²) in [5.41, 5.74) is -0.0646. The third-order valence-electron chi connectivity index (χ3n) is 15.3. The maximum absolute atomic E-state index is 15.0. The number of Topliss-reactive ketones (excluding diaryl/α,β-unsaturated/α-hetero) is 2. The second-order valence-corrected chi connectivity index (χ2v) is 24.1. The summed E-state index contributed by atoms with van der Waals surface area (Å²) in [7, 11) is 7.09. The van der Waals surface area contributed by atoms with Crippen molar-refractivity contribution < 1.29 is 57.8 Å². The molecule has 0 radical (unpaired) electrons. The zero-order valence-corrected chi connectivity index (χ0v) is 50.3. The number of nitrogens with zero attached hydrogens (tertiary/aromatic N) is 6. The zero-order chi connectivity index (χ0) is 59.8. The third kappa shape index (κ3) is 19.8. The highest BCUT2D eigenvalue weighted by molar-refractivity contribution is 5.99. The van der Waals surface area contributed by atoms with Gasteiger partial charge in [0.05, 0.1) is 48.8 Å². The van der Waals surface area contributed by atoms with Crippen LogP contribution < -0.4 is 10.6 Å². The Morgan fingerprint density at radius 1 is 0.684 bits per heavy atom. The quantitative estimate of drug-likeness (QED) is 0.270. The Morgan fingerprint density at radius 3 is 1.80 bits per heavy atom. The predicted molar refractivity (Wildman–Crippen MR) is 301 cm³/mol. The van der Waals surface area contributed by atoms with Crippen molar-refractivity contribution in [1.82, 2.24) is 40.0 Å². The Balaban J connectivity index is 2.29. The van der Waals surface area contributed by atoms with Crippen LogP contribution in [0, 0.1) is 29.6 Å². The monoisotopic (exact) mass is 1110 g/mol. The lowest BCUT2D eigenvalue weighted by Gasteiger charge is -2.37. The SMILES string of the molecule is CC[C@H](C)[C@H]1C(=O)C[C@H](C(=O)N2CCCCC2)CC(=O)N[C@H](C)C(=O)N(C)[C@@H](Cc2ccccc2)C(=O)N(C)[C@@H](CC(C)C)C(=O)N[C@@H]([C@@H](C)O)C(=O)N(C)CC(=O)N(C)[C@@H](CC(C)C)C(=O)C[C@@H](COC(C)(C)C)C(=O)N1C. The molecule has 1 aromatic rings. The summed E-state index contributed by atoms with van der Waals surface area (Å²) in [6.07, 6.45) is 0.374. The Labute approximate surface area is 470 Å². The summed E-state index contributed by atoms with van der Waals surface area (Å²) in [5, 5.41) is 16.4. The Morgan fingerprint density at radius 2 is 1.25 bits per heavy atom. The minimum Gasteiger partial charge on any atom is -0.391 e. The second kappa shape index (κ2) is 30.7. The first-order chi connectivity index (χ1) is 36.8. The number of aliphatic hydroxyl groups is 1. The number of nitrogens with one attached hydrogen (secondary N) is 2. The molecular weight excluding hydrogens is 1010 g/mol. The van der Waals surface area contributed by atoms with Gasteiger partial charge in [-0.1, -0.05) is 78.3 Å². The number of aliphatic hydroxyl groups excluding tert-OH is 1. The van der Waals surface area contributed by atoms with Crippen LogP contribution >= 0.6 is 0 Å². The Kier molecular flexibility index (Phi) is 26.3. The second-order valence-electron chi connectivity index (χ2n) is 24.1. The van der Waals surface area contributed by atoms with E-state index >= 15 is 0 Å². The molecule has 0 spiro atoms. The molecule has 0 aliphatic carbocycles. The molecule has 2 aliphatic heterocycles. The molecule has 3 rings (SSSR count). The van der Waals surface area contributed by atoms with Crippen molar-refractivity contribution in [2.45, 2.75) is 188 Å². The number of carbonyl (C=O) groups is 10. The molecule has 79 heavy (non-hydrogen) atoms. The van der Waals surface area contributed by atoms with E-state index in [0.29, 0.717) is 25.1 Å². The Bertz CT molecular complexity index is 2260. The van der Waals surface area contributed by atoms with Crippen molar-refractivity contribution in [3.63, 3.8) is 0 Å². The van der Waals surface area contributed by atoms with Crippen LogP contribution in [0.1, 0.15) is 140 Å². The minimum atomic E-state index is -1.59. The largest absolute Gasteiger partial charge is 0.391 e. The van der Waals surface area contributed by atoms with Gasteiger partial charge >= 0.3 is 0 Å². The molecule has 8 amide bonds. The summed E-state index contributed by atoms with van der Waals surface area (Å²) in [4.78, 5) is 153. The van der Waals surface area contributed by atoms with Crippen LogP contribution in [0.25, 0.3) is 0 Å². The molecule has 2 saturated heterocycles. The van der Waals surface area contributed by atoms with Gasteiger partial charge in [0.25, 0.3) is 0 Å². The summed E-state index contributed by atoms with van der Waals surface area (Å²) in [6.45, 7) is 19.4. The van der Waals surface area contributed by atoms with Crippen LogP contribution in [0.2, 0.25) is 0 Å². The maximum atomic E-state index is 15.0. The van der Waals surface area contributed by atoms with Crippen LogP contribution in [0.15, 0.2) is 30.3 Å². The first-order valence-corrected chi connectivity index (χ1v) is 28.4. The molecule has 0 saturated carbocycles. The van der Waals surface area contributed by atoms with E-state index in [1.54, 1.807) is 56.0 Å². The zero-order valence-electron chi connectivity index (χ0n) is 50.3. The number of ketones is 2. The highest BCUT2D eigenvalue weighted by Crippen LogP contribution is 2.27. The van der Waals surface area contributed by atoms with E-state index < -0.39 is 144 Å². The van der Waals surface area contributed by atoms with Crippen LogP contribution in [0.5, 0.6) is 0 Å².